The molecule has 9 nitrogen and oxygen atoms in total. The van der Waals surface area contributed by atoms with E-state index < -0.39 is 5.79 Å². The van der Waals surface area contributed by atoms with E-state index in [0.29, 0.717) is 19.0 Å². The highest BCUT2D eigenvalue weighted by Gasteiger charge is 2.61. The molecule has 7 rings (SSSR count). The van der Waals surface area contributed by atoms with Crippen LogP contribution in [0, 0.1) is 18.3 Å². The molecule has 1 amide bonds. The Morgan fingerprint density at radius 1 is 1.16 bits per heavy atom. The third-order valence-corrected chi connectivity index (χ3v) is 8.98. The molecule has 4 fully saturated rings. The van der Waals surface area contributed by atoms with Gasteiger partial charge in [0.05, 0.1) is 32.2 Å². The highest BCUT2D eigenvalue weighted by atomic mass is 16.7. The fraction of sp³-hybridized carbons (Fsp3) is 0.483. The number of para-hydroxylation sites is 1. The smallest absolute Gasteiger partial charge is 0.229 e. The van der Waals surface area contributed by atoms with Crippen LogP contribution in [0.4, 0.5) is 17.2 Å². The van der Waals surface area contributed by atoms with E-state index in [1.807, 2.05) is 48.3 Å². The van der Waals surface area contributed by atoms with Crippen LogP contribution >= 0.6 is 0 Å². The first-order chi connectivity index (χ1) is 18.5. The van der Waals surface area contributed by atoms with E-state index in [-0.39, 0.29) is 23.3 Å². The fourth-order valence-corrected chi connectivity index (χ4v) is 6.37. The van der Waals surface area contributed by atoms with Crippen molar-refractivity contribution in [3.8, 4) is 16.9 Å². The zero-order chi connectivity index (χ0) is 25.9. The maximum atomic E-state index is 12.8. The monoisotopic (exact) mass is 515 g/mol. The molecule has 3 saturated carbocycles. The molecule has 2 atom stereocenters. The predicted octanol–water partition coefficient (Wildman–Crippen LogP) is 5.21. The van der Waals surface area contributed by atoms with Gasteiger partial charge in [-0.05, 0) is 49.7 Å². The summed E-state index contributed by atoms with van der Waals surface area (Å²) in [6.45, 7) is 3.26. The van der Waals surface area contributed by atoms with Crippen molar-refractivity contribution in [1.82, 2.24) is 14.8 Å². The van der Waals surface area contributed by atoms with E-state index in [4.69, 9.17) is 14.2 Å². The Morgan fingerprint density at radius 2 is 2.00 bits per heavy atom. The van der Waals surface area contributed by atoms with Crippen LogP contribution in [0.3, 0.4) is 0 Å². The van der Waals surface area contributed by atoms with E-state index in [1.165, 1.54) is 19.3 Å². The Kier molecular flexibility index (Phi) is 5.49. The van der Waals surface area contributed by atoms with Gasteiger partial charge in [0.2, 0.25) is 5.91 Å². The number of pyridine rings is 1. The van der Waals surface area contributed by atoms with Crippen molar-refractivity contribution < 1.29 is 19.0 Å². The summed E-state index contributed by atoms with van der Waals surface area (Å²) in [5.74, 6) is 0.975. The maximum absolute atomic E-state index is 12.8. The number of aromatic nitrogens is 3. The van der Waals surface area contributed by atoms with E-state index in [1.54, 1.807) is 13.3 Å². The minimum absolute atomic E-state index is 0.0777. The number of amides is 1. The van der Waals surface area contributed by atoms with E-state index in [0.717, 1.165) is 53.1 Å². The summed E-state index contributed by atoms with van der Waals surface area (Å²) in [5, 5.41) is 11.2. The van der Waals surface area contributed by atoms with Gasteiger partial charge in [0.15, 0.2) is 5.79 Å². The predicted molar refractivity (Wildman–Crippen MR) is 142 cm³/mol. The molecule has 0 bridgehead atoms. The zero-order valence-electron chi connectivity index (χ0n) is 21.8. The number of hydrogen-bond donors (Lipinski definition) is 2. The van der Waals surface area contributed by atoms with Gasteiger partial charge in [0, 0.05) is 47.6 Å². The van der Waals surface area contributed by atoms with Crippen LogP contribution in [0.25, 0.3) is 11.1 Å². The number of aryl methyl sites for hydroxylation is 1. The lowest BCUT2D eigenvalue weighted by Gasteiger charge is -2.44. The van der Waals surface area contributed by atoms with Gasteiger partial charge in [0.1, 0.15) is 17.6 Å². The van der Waals surface area contributed by atoms with Crippen LogP contribution in [0.5, 0.6) is 5.75 Å². The number of ether oxygens (including phenoxy) is 3. The van der Waals surface area contributed by atoms with Gasteiger partial charge in [-0.2, -0.15) is 5.10 Å². The van der Waals surface area contributed by atoms with Gasteiger partial charge < -0.3 is 24.8 Å². The second-order valence-electron chi connectivity index (χ2n) is 11.1. The highest BCUT2D eigenvalue weighted by molar-refractivity contribution is 5.95. The van der Waals surface area contributed by atoms with Crippen molar-refractivity contribution in [2.24, 2.45) is 11.3 Å². The number of methoxy groups -OCH3 is 1. The van der Waals surface area contributed by atoms with Crippen LogP contribution in [0.2, 0.25) is 0 Å². The molecule has 198 valence electrons. The molecular formula is C29H33N5O4. The molecule has 38 heavy (non-hydrogen) atoms. The number of nitrogens with one attached hydrogen (secondary N) is 2. The van der Waals surface area contributed by atoms with E-state index >= 15 is 0 Å². The summed E-state index contributed by atoms with van der Waals surface area (Å²) in [6, 6.07) is 7.98. The Labute approximate surface area is 221 Å². The maximum Gasteiger partial charge on any atom is 0.229 e. The average Bonchev–Trinajstić information content (AvgIpc) is 3.20. The second-order valence-corrected chi connectivity index (χ2v) is 11.1. The molecule has 2 aromatic heterocycles. The molecule has 1 aliphatic heterocycles. The van der Waals surface area contributed by atoms with Gasteiger partial charge in [-0.1, -0.05) is 18.6 Å². The third kappa shape index (κ3) is 3.79. The molecule has 1 aromatic carbocycles. The molecule has 2 N–H and O–H groups in total. The lowest BCUT2D eigenvalue weighted by atomic mass is 9.80. The lowest BCUT2D eigenvalue weighted by molar-refractivity contribution is -0.242. The summed E-state index contributed by atoms with van der Waals surface area (Å²) >= 11 is 0. The standard InChI is InChI=1S/C29H33N5O4/c1-18-15-30-25(33-27(35)21-14-28(21)8-4-9-28)13-23(18)32-22-6-3-5-20(26(22)36-2)19-16-31-34(17-19)24-7-10-29(24)37-11-12-38-29/h3,5-6,13,15-17,21,24H,4,7-12,14H2,1-2H3,(H2,30,32,33,35). The Bertz CT molecular complexity index is 1390. The van der Waals surface area contributed by atoms with Crippen LogP contribution < -0.4 is 15.4 Å². The minimum Gasteiger partial charge on any atom is -0.494 e. The van der Waals surface area contributed by atoms with Crippen molar-refractivity contribution in [1.29, 1.82) is 0 Å². The first-order valence-corrected chi connectivity index (χ1v) is 13.5. The fourth-order valence-electron chi connectivity index (χ4n) is 6.37. The lowest BCUT2D eigenvalue weighted by Crippen LogP contribution is -2.49. The second kappa shape index (κ2) is 8.81. The Hall–Kier alpha value is -3.43. The molecule has 2 spiro atoms. The number of nitrogens with zero attached hydrogens (tertiary/aromatic N) is 3. The van der Waals surface area contributed by atoms with Gasteiger partial charge in [0.25, 0.3) is 0 Å². The molecule has 9 heteroatoms. The highest BCUT2D eigenvalue weighted by Crippen LogP contribution is 2.65. The number of benzene rings is 1. The molecule has 4 aliphatic rings. The van der Waals surface area contributed by atoms with Gasteiger partial charge >= 0.3 is 0 Å². The van der Waals surface area contributed by atoms with Crippen LogP contribution in [-0.2, 0) is 14.3 Å². The van der Waals surface area contributed by atoms with Crippen molar-refractivity contribution in [3.63, 3.8) is 0 Å². The van der Waals surface area contributed by atoms with Gasteiger partial charge in [-0.15, -0.1) is 0 Å². The quantitative estimate of drug-likeness (QED) is 0.445. The van der Waals surface area contributed by atoms with Crippen molar-refractivity contribution >= 4 is 23.1 Å². The summed E-state index contributed by atoms with van der Waals surface area (Å²) in [6.07, 6.45) is 12.2. The molecule has 3 aromatic rings. The molecule has 0 radical (unpaired) electrons. The van der Waals surface area contributed by atoms with Crippen molar-refractivity contribution in [3.05, 3.63) is 48.4 Å². The molecule has 2 unspecified atom stereocenters. The van der Waals surface area contributed by atoms with Crippen molar-refractivity contribution in [2.45, 2.75) is 57.3 Å². The van der Waals surface area contributed by atoms with Crippen LogP contribution in [0.1, 0.15) is 50.1 Å². The number of carbonyl (C=O) groups excluding carboxylic acids is 1. The largest absolute Gasteiger partial charge is 0.494 e. The van der Waals surface area contributed by atoms with E-state index in [9.17, 15) is 4.79 Å². The first-order valence-electron chi connectivity index (χ1n) is 13.5. The topological polar surface area (TPSA) is 99.5 Å². The molecule has 3 heterocycles. The first kappa shape index (κ1) is 23.7. The third-order valence-electron chi connectivity index (χ3n) is 8.98. The SMILES string of the molecule is COc1c(Nc2cc(NC(=O)C3CC34CCC4)ncc2C)cccc1-c1cnn(C2CCC23OCCO3)c1. The van der Waals surface area contributed by atoms with Gasteiger partial charge in [-0.3, -0.25) is 9.48 Å². The summed E-state index contributed by atoms with van der Waals surface area (Å²) in [5.41, 5.74) is 4.83. The van der Waals surface area contributed by atoms with E-state index in [2.05, 4.69) is 20.7 Å². The number of anilines is 3. The number of carbonyl (C=O) groups is 1. The Balaban J connectivity index is 1.11. The van der Waals surface area contributed by atoms with Gasteiger partial charge in [-0.25, -0.2) is 4.98 Å². The molecular weight excluding hydrogens is 482 g/mol. The summed E-state index contributed by atoms with van der Waals surface area (Å²) < 4.78 is 19.7. The number of hydrogen-bond acceptors (Lipinski definition) is 7. The Morgan fingerprint density at radius 3 is 2.68 bits per heavy atom. The summed E-state index contributed by atoms with van der Waals surface area (Å²) in [4.78, 5) is 17.2. The molecule has 3 aliphatic carbocycles. The summed E-state index contributed by atoms with van der Waals surface area (Å²) in [7, 11) is 1.67. The zero-order valence-corrected chi connectivity index (χ0v) is 21.8. The minimum atomic E-state index is -0.527. The average molecular weight is 516 g/mol. The van der Waals surface area contributed by atoms with Crippen molar-refractivity contribution in [2.75, 3.05) is 31.0 Å². The normalized spacial score (nSPS) is 24.1. The molecule has 1 saturated heterocycles. The van der Waals surface area contributed by atoms with Crippen LogP contribution in [0.15, 0.2) is 42.9 Å². The van der Waals surface area contributed by atoms with Crippen LogP contribution in [-0.4, -0.2) is 46.8 Å². The number of rotatable bonds is 7.